The Hall–Kier alpha value is -4.24. The average Bonchev–Trinajstić information content (AvgIpc) is 3.42. The van der Waals surface area contributed by atoms with E-state index in [4.69, 9.17) is 4.74 Å². The Morgan fingerprint density at radius 3 is 2.66 bits per heavy atom. The van der Waals surface area contributed by atoms with Crippen molar-refractivity contribution in [2.45, 2.75) is 0 Å². The van der Waals surface area contributed by atoms with Gasteiger partial charge in [-0.05, 0) is 18.2 Å². The number of nitrogens with one attached hydrogen (secondary N) is 1. The van der Waals surface area contributed by atoms with Crippen molar-refractivity contribution in [1.29, 1.82) is 0 Å². The third kappa shape index (κ3) is 3.54. The molecule has 0 saturated carbocycles. The molecule has 3 heterocycles. The quantitative estimate of drug-likeness (QED) is 0.445. The largest absolute Gasteiger partial charge is 0.494 e. The van der Waals surface area contributed by atoms with Gasteiger partial charge in [-0.2, -0.15) is 9.78 Å². The molecule has 0 saturated heterocycles. The molecule has 0 aliphatic carbocycles. The number of thiazole rings is 1. The summed E-state index contributed by atoms with van der Waals surface area (Å²) in [7, 11) is 1.39. The SMILES string of the molecule is COc1cc(=O)n(-c2ccccc2)nc1C(=O)Nc1ccccc1-c1cn2ccsc2n1. The monoisotopic (exact) mass is 443 g/mol. The standard InChI is InChI=1S/C23H17N5O3S/c1-31-19-13-20(29)28(15-7-3-2-4-8-15)26-21(19)22(30)24-17-10-6-5-9-16(17)18-14-27-11-12-32-23(27)25-18/h2-14H,1H3,(H,24,30). The summed E-state index contributed by atoms with van der Waals surface area (Å²) >= 11 is 1.53. The predicted molar refractivity (Wildman–Crippen MR) is 123 cm³/mol. The van der Waals surface area contributed by atoms with Crippen LogP contribution in [0.4, 0.5) is 5.69 Å². The number of methoxy groups -OCH3 is 1. The number of ether oxygens (including phenoxy) is 1. The number of amides is 1. The molecule has 0 fully saturated rings. The number of carbonyl (C=O) groups excluding carboxylic acids is 1. The third-order valence-electron chi connectivity index (χ3n) is 4.88. The van der Waals surface area contributed by atoms with Crippen molar-refractivity contribution in [3.63, 3.8) is 0 Å². The molecular weight excluding hydrogens is 426 g/mol. The van der Waals surface area contributed by atoms with E-state index in [1.165, 1.54) is 29.2 Å². The normalized spacial score (nSPS) is 10.9. The van der Waals surface area contributed by atoms with Gasteiger partial charge in [0.15, 0.2) is 16.4 Å². The van der Waals surface area contributed by atoms with Gasteiger partial charge in [0.25, 0.3) is 11.5 Å². The fourth-order valence-corrected chi connectivity index (χ4v) is 4.06. The number of fused-ring (bicyclic) bond motifs is 1. The molecule has 0 aliphatic heterocycles. The van der Waals surface area contributed by atoms with Crippen LogP contribution >= 0.6 is 11.3 Å². The third-order valence-corrected chi connectivity index (χ3v) is 5.65. The lowest BCUT2D eigenvalue weighted by Gasteiger charge is -2.13. The second-order valence-electron chi connectivity index (χ2n) is 6.87. The van der Waals surface area contributed by atoms with Crippen LogP contribution in [-0.2, 0) is 0 Å². The molecule has 0 bridgehead atoms. The molecule has 158 valence electrons. The molecule has 0 spiro atoms. The molecule has 1 amide bonds. The summed E-state index contributed by atoms with van der Waals surface area (Å²) in [5.74, 6) is -0.403. The Labute approximate surface area is 186 Å². The Bertz CT molecular complexity index is 1460. The van der Waals surface area contributed by atoms with Gasteiger partial charge in [0.1, 0.15) is 0 Å². The molecule has 1 N–H and O–H groups in total. The van der Waals surface area contributed by atoms with Gasteiger partial charge in [-0.1, -0.05) is 36.4 Å². The molecule has 32 heavy (non-hydrogen) atoms. The highest BCUT2D eigenvalue weighted by molar-refractivity contribution is 7.15. The molecule has 0 atom stereocenters. The smallest absolute Gasteiger partial charge is 0.280 e. The summed E-state index contributed by atoms with van der Waals surface area (Å²) in [5.41, 5.74) is 2.23. The van der Waals surface area contributed by atoms with Crippen LogP contribution in [-0.4, -0.2) is 32.2 Å². The number of imidazole rings is 1. The number of aromatic nitrogens is 4. The number of benzene rings is 2. The molecule has 5 aromatic rings. The maximum atomic E-state index is 13.2. The number of hydrogen-bond acceptors (Lipinski definition) is 6. The van der Waals surface area contributed by atoms with E-state index in [9.17, 15) is 9.59 Å². The van der Waals surface area contributed by atoms with Crippen LogP contribution in [0.25, 0.3) is 21.9 Å². The summed E-state index contributed by atoms with van der Waals surface area (Å²) in [4.78, 5) is 31.2. The zero-order valence-electron chi connectivity index (χ0n) is 16.9. The van der Waals surface area contributed by atoms with E-state index in [-0.39, 0.29) is 11.4 Å². The fourth-order valence-electron chi connectivity index (χ4n) is 3.36. The van der Waals surface area contributed by atoms with Crippen LogP contribution < -0.4 is 15.6 Å². The highest BCUT2D eigenvalue weighted by Crippen LogP contribution is 2.29. The van der Waals surface area contributed by atoms with Gasteiger partial charge in [-0.3, -0.25) is 14.0 Å². The summed E-state index contributed by atoms with van der Waals surface area (Å²) in [6.45, 7) is 0. The number of nitrogens with zero attached hydrogens (tertiary/aromatic N) is 4. The van der Waals surface area contributed by atoms with Gasteiger partial charge >= 0.3 is 0 Å². The summed E-state index contributed by atoms with van der Waals surface area (Å²) < 4.78 is 8.37. The van der Waals surface area contributed by atoms with Crippen LogP contribution in [0.1, 0.15) is 10.5 Å². The van der Waals surface area contributed by atoms with E-state index in [1.54, 1.807) is 30.3 Å². The number of hydrogen-bond donors (Lipinski definition) is 1. The Morgan fingerprint density at radius 1 is 1.09 bits per heavy atom. The number of carbonyl (C=O) groups is 1. The van der Waals surface area contributed by atoms with Crippen molar-refractivity contribution in [1.82, 2.24) is 19.2 Å². The first kappa shape index (κ1) is 19.7. The second-order valence-corrected chi connectivity index (χ2v) is 7.74. The van der Waals surface area contributed by atoms with E-state index < -0.39 is 11.5 Å². The van der Waals surface area contributed by atoms with Gasteiger partial charge in [-0.15, -0.1) is 11.3 Å². The lowest BCUT2D eigenvalue weighted by atomic mass is 10.1. The highest BCUT2D eigenvalue weighted by atomic mass is 32.1. The topological polar surface area (TPSA) is 90.5 Å². The summed E-state index contributed by atoms with van der Waals surface area (Å²) in [6, 6.07) is 17.5. The van der Waals surface area contributed by atoms with E-state index in [2.05, 4.69) is 15.4 Å². The summed E-state index contributed by atoms with van der Waals surface area (Å²) in [5, 5.41) is 9.14. The molecule has 8 nitrogen and oxygen atoms in total. The number of para-hydroxylation sites is 2. The van der Waals surface area contributed by atoms with Crippen molar-refractivity contribution in [2.75, 3.05) is 12.4 Å². The van der Waals surface area contributed by atoms with Crippen molar-refractivity contribution >= 4 is 27.9 Å². The fraction of sp³-hybridized carbons (Fsp3) is 0.0435. The molecule has 9 heteroatoms. The van der Waals surface area contributed by atoms with Crippen molar-refractivity contribution in [3.05, 3.63) is 94.5 Å². The molecule has 0 radical (unpaired) electrons. The van der Waals surface area contributed by atoms with E-state index in [0.29, 0.717) is 11.4 Å². The van der Waals surface area contributed by atoms with E-state index in [1.807, 2.05) is 46.4 Å². The minimum absolute atomic E-state index is 0.00317. The van der Waals surface area contributed by atoms with Crippen molar-refractivity contribution in [3.8, 4) is 22.7 Å². The second kappa shape index (κ2) is 8.12. The summed E-state index contributed by atoms with van der Waals surface area (Å²) in [6.07, 6.45) is 3.84. The molecule has 2 aromatic carbocycles. The Kier molecular flexibility index (Phi) is 5.00. The molecule has 5 rings (SSSR count). The first-order valence-electron chi connectivity index (χ1n) is 9.71. The zero-order chi connectivity index (χ0) is 22.1. The Morgan fingerprint density at radius 2 is 1.88 bits per heavy atom. The predicted octanol–water partition coefficient (Wildman–Crippen LogP) is 3.87. The number of rotatable bonds is 5. The number of anilines is 1. The zero-order valence-corrected chi connectivity index (χ0v) is 17.7. The van der Waals surface area contributed by atoms with Gasteiger partial charge in [0, 0.05) is 23.3 Å². The van der Waals surface area contributed by atoms with Gasteiger partial charge < -0.3 is 10.1 Å². The van der Waals surface area contributed by atoms with Gasteiger partial charge in [0.2, 0.25) is 0 Å². The maximum Gasteiger partial charge on any atom is 0.280 e. The highest BCUT2D eigenvalue weighted by Gasteiger charge is 2.20. The minimum atomic E-state index is -0.500. The Balaban J connectivity index is 1.53. The van der Waals surface area contributed by atoms with Gasteiger partial charge in [-0.25, -0.2) is 4.98 Å². The van der Waals surface area contributed by atoms with Crippen LogP contribution in [0.5, 0.6) is 5.75 Å². The minimum Gasteiger partial charge on any atom is -0.494 e. The molecule has 0 aliphatic rings. The van der Waals surface area contributed by atoms with Crippen LogP contribution in [0.15, 0.2) is 83.2 Å². The average molecular weight is 443 g/mol. The van der Waals surface area contributed by atoms with Crippen LogP contribution in [0.2, 0.25) is 0 Å². The first-order valence-corrected chi connectivity index (χ1v) is 10.6. The molecular formula is C23H17N5O3S. The lowest BCUT2D eigenvalue weighted by molar-refractivity contribution is 0.101. The van der Waals surface area contributed by atoms with Crippen LogP contribution in [0, 0.1) is 0 Å². The lowest BCUT2D eigenvalue weighted by Crippen LogP contribution is -2.26. The van der Waals surface area contributed by atoms with Crippen molar-refractivity contribution in [2.24, 2.45) is 0 Å². The first-order chi connectivity index (χ1) is 15.6. The molecule has 3 aromatic heterocycles. The van der Waals surface area contributed by atoms with E-state index in [0.717, 1.165) is 16.2 Å². The maximum absolute atomic E-state index is 13.2. The van der Waals surface area contributed by atoms with Crippen molar-refractivity contribution < 1.29 is 9.53 Å². The van der Waals surface area contributed by atoms with E-state index >= 15 is 0 Å². The molecule has 0 unspecified atom stereocenters. The van der Waals surface area contributed by atoms with Gasteiger partial charge in [0.05, 0.1) is 30.2 Å². The van der Waals surface area contributed by atoms with Crippen LogP contribution in [0.3, 0.4) is 0 Å².